The van der Waals surface area contributed by atoms with E-state index in [0.717, 1.165) is 12.8 Å². The lowest BCUT2D eigenvalue weighted by Crippen LogP contribution is -2.20. The predicted molar refractivity (Wildman–Crippen MR) is 84.6 cm³/mol. The van der Waals surface area contributed by atoms with Gasteiger partial charge < -0.3 is 0 Å². The Morgan fingerprint density at radius 1 is 1.41 bits per heavy atom. The number of nitrogens with zero attached hydrogens (tertiary/aromatic N) is 2. The zero-order valence-electron chi connectivity index (χ0n) is 12.7. The van der Waals surface area contributed by atoms with Gasteiger partial charge in [0.25, 0.3) is 5.69 Å². The average Bonchev–Trinajstić information content (AvgIpc) is 3.27. The molecule has 1 aromatic rings. The molecule has 0 heterocycles. The minimum absolute atomic E-state index is 0.0281. The molecule has 2 atom stereocenters. The molecule has 1 saturated carbocycles. The molecule has 0 aliphatic heterocycles. The molecule has 0 aromatic heterocycles. The van der Waals surface area contributed by atoms with Crippen molar-refractivity contribution in [2.24, 2.45) is 16.9 Å². The van der Waals surface area contributed by atoms with E-state index in [-0.39, 0.29) is 17.5 Å². The highest BCUT2D eigenvalue weighted by molar-refractivity contribution is 5.84. The maximum Gasteiger partial charge on any atom is 0.269 e. The van der Waals surface area contributed by atoms with Crippen LogP contribution in [0.4, 0.5) is 5.69 Å². The topological polar surface area (TPSA) is 84.6 Å². The summed E-state index contributed by atoms with van der Waals surface area (Å²) in [5.74, 6) is 0.589. The van der Waals surface area contributed by atoms with E-state index in [1.54, 1.807) is 12.1 Å². The Hall–Kier alpha value is -2.24. The molecule has 1 fully saturated rings. The quantitative estimate of drug-likeness (QED) is 0.346. The highest BCUT2D eigenvalue weighted by Gasteiger charge is 2.41. The predicted octanol–water partition coefficient (Wildman–Crippen LogP) is 3.26. The molecule has 0 radical (unpaired) electrons. The number of nitro benzene ring substituents is 1. The SMILES string of the molecule is CCCCC[C@@H]1C[C@H]1C(=O)NN=Cc1ccc([N+](=O)[O-])cc1. The molecule has 0 saturated heterocycles. The normalized spacial score (nSPS) is 20.0. The molecular weight excluding hydrogens is 282 g/mol. The van der Waals surface area contributed by atoms with Gasteiger partial charge in [0.1, 0.15) is 0 Å². The van der Waals surface area contributed by atoms with Crippen LogP contribution in [0.5, 0.6) is 0 Å². The van der Waals surface area contributed by atoms with Crippen LogP contribution in [0.1, 0.15) is 44.6 Å². The van der Waals surface area contributed by atoms with E-state index in [2.05, 4.69) is 17.5 Å². The van der Waals surface area contributed by atoms with Crippen molar-refractivity contribution in [3.05, 3.63) is 39.9 Å². The first-order valence-electron chi connectivity index (χ1n) is 7.69. The standard InChI is InChI=1S/C16H21N3O3/c1-2-3-4-5-13-10-15(13)16(20)18-17-11-12-6-8-14(9-7-12)19(21)22/h6-9,11,13,15H,2-5,10H2,1H3,(H,18,20)/t13-,15-/m1/s1. The lowest BCUT2D eigenvalue weighted by Gasteiger charge is -1.99. The van der Waals surface area contributed by atoms with Gasteiger partial charge in [-0.1, -0.05) is 26.2 Å². The molecule has 2 rings (SSSR count). The molecule has 0 bridgehead atoms. The van der Waals surface area contributed by atoms with Crippen LogP contribution in [-0.4, -0.2) is 17.0 Å². The van der Waals surface area contributed by atoms with E-state index >= 15 is 0 Å². The number of non-ortho nitro benzene ring substituents is 1. The van der Waals surface area contributed by atoms with Crippen molar-refractivity contribution < 1.29 is 9.72 Å². The van der Waals surface area contributed by atoms with Crippen molar-refractivity contribution in [2.75, 3.05) is 0 Å². The number of amides is 1. The maximum absolute atomic E-state index is 11.9. The van der Waals surface area contributed by atoms with Gasteiger partial charge in [0.2, 0.25) is 5.91 Å². The fourth-order valence-electron chi connectivity index (χ4n) is 2.48. The molecule has 1 aromatic carbocycles. The van der Waals surface area contributed by atoms with Crippen LogP contribution in [0.25, 0.3) is 0 Å². The Morgan fingerprint density at radius 2 is 2.14 bits per heavy atom. The van der Waals surface area contributed by atoms with Crippen LogP contribution in [0.3, 0.4) is 0 Å². The van der Waals surface area contributed by atoms with E-state index in [1.165, 1.54) is 37.6 Å². The van der Waals surface area contributed by atoms with Gasteiger partial charge in [-0.05, 0) is 36.5 Å². The molecule has 22 heavy (non-hydrogen) atoms. The summed E-state index contributed by atoms with van der Waals surface area (Å²) in [6, 6.07) is 6.01. The van der Waals surface area contributed by atoms with Crippen LogP contribution in [0.15, 0.2) is 29.4 Å². The second-order valence-corrected chi connectivity index (χ2v) is 5.68. The molecule has 6 heteroatoms. The molecule has 6 nitrogen and oxygen atoms in total. The summed E-state index contributed by atoms with van der Waals surface area (Å²) in [4.78, 5) is 22.0. The first-order valence-corrected chi connectivity index (χ1v) is 7.69. The monoisotopic (exact) mass is 303 g/mol. The molecule has 0 unspecified atom stereocenters. The van der Waals surface area contributed by atoms with Gasteiger partial charge in [-0.2, -0.15) is 5.10 Å². The molecule has 1 amide bonds. The number of carbonyl (C=O) groups is 1. The molecule has 0 spiro atoms. The number of rotatable bonds is 8. The Morgan fingerprint density at radius 3 is 2.77 bits per heavy atom. The van der Waals surface area contributed by atoms with Gasteiger partial charge in [-0.15, -0.1) is 0 Å². The van der Waals surface area contributed by atoms with E-state index in [0.29, 0.717) is 11.5 Å². The van der Waals surface area contributed by atoms with Crippen molar-refractivity contribution in [1.29, 1.82) is 0 Å². The summed E-state index contributed by atoms with van der Waals surface area (Å²) in [5.41, 5.74) is 3.29. The van der Waals surface area contributed by atoms with Gasteiger partial charge in [0, 0.05) is 18.1 Å². The summed E-state index contributed by atoms with van der Waals surface area (Å²) in [5, 5.41) is 14.5. The van der Waals surface area contributed by atoms with E-state index < -0.39 is 4.92 Å². The highest BCUT2D eigenvalue weighted by atomic mass is 16.6. The van der Waals surface area contributed by atoms with Crippen molar-refractivity contribution in [3.8, 4) is 0 Å². The Bertz CT molecular complexity index is 554. The summed E-state index contributed by atoms with van der Waals surface area (Å²) in [6.07, 6.45) is 7.19. The van der Waals surface area contributed by atoms with Crippen LogP contribution in [0.2, 0.25) is 0 Å². The van der Waals surface area contributed by atoms with Crippen LogP contribution < -0.4 is 5.43 Å². The van der Waals surface area contributed by atoms with Crippen molar-refractivity contribution in [1.82, 2.24) is 5.43 Å². The fourth-order valence-corrected chi connectivity index (χ4v) is 2.48. The highest BCUT2D eigenvalue weighted by Crippen LogP contribution is 2.42. The minimum Gasteiger partial charge on any atom is -0.273 e. The number of hydrazone groups is 1. The van der Waals surface area contributed by atoms with Gasteiger partial charge in [0.15, 0.2) is 0 Å². The Balaban J connectivity index is 1.73. The van der Waals surface area contributed by atoms with E-state index in [9.17, 15) is 14.9 Å². The molecule has 1 aliphatic carbocycles. The zero-order valence-corrected chi connectivity index (χ0v) is 12.7. The van der Waals surface area contributed by atoms with Gasteiger partial charge in [-0.25, -0.2) is 5.43 Å². The van der Waals surface area contributed by atoms with Crippen LogP contribution in [0, 0.1) is 22.0 Å². The molecule has 118 valence electrons. The lowest BCUT2D eigenvalue weighted by molar-refractivity contribution is -0.384. The largest absolute Gasteiger partial charge is 0.273 e. The number of carbonyl (C=O) groups excluding carboxylic acids is 1. The van der Waals surface area contributed by atoms with E-state index in [1.807, 2.05) is 0 Å². The third kappa shape index (κ3) is 4.65. The molecular formula is C16H21N3O3. The lowest BCUT2D eigenvalue weighted by atomic mass is 10.1. The number of hydrogen-bond acceptors (Lipinski definition) is 4. The zero-order chi connectivity index (χ0) is 15.9. The maximum atomic E-state index is 11.9. The number of unbranched alkanes of at least 4 members (excludes halogenated alkanes) is 2. The Labute approximate surface area is 129 Å². The summed E-state index contributed by atoms with van der Waals surface area (Å²) in [7, 11) is 0. The fraction of sp³-hybridized carbons (Fsp3) is 0.500. The van der Waals surface area contributed by atoms with Crippen LogP contribution >= 0.6 is 0 Å². The van der Waals surface area contributed by atoms with Crippen LogP contribution in [-0.2, 0) is 4.79 Å². The number of benzene rings is 1. The number of hydrogen-bond donors (Lipinski definition) is 1. The molecule has 1 N–H and O–H groups in total. The van der Waals surface area contributed by atoms with Crippen molar-refractivity contribution in [2.45, 2.75) is 39.0 Å². The summed E-state index contributed by atoms with van der Waals surface area (Å²) >= 11 is 0. The summed E-state index contributed by atoms with van der Waals surface area (Å²) < 4.78 is 0. The number of nitrogens with one attached hydrogen (secondary N) is 1. The van der Waals surface area contributed by atoms with Gasteiger partial charge >= 0.3 is 0 Å². The molecule has 1 aliphatic rings. The minimum atomic E-state index is -0.450. The van der Waals surface area contributed by atoms with Crippen molar-refractivity contribution >= 4 is 17.8 Å². The van der Waals surface area contributed by atoms with Gasteiger partial charge in [-0.3, -0.25) is 14.9 Å². The van der Waals surface area contributed by atoms with E-state index in [4.69, 9.17) is 0 Å². The third-order valence-corrected chi connectivity index (χ3v) is 3.93. The first kappa shape index (κ1) is 16.1. The Kier molecular flexibility index (Phi) is 5.63. The van der Waals surface area contributed by atoms with Crippen molar-refractivity contribution in [3.63, 3.8) is 0 Å². The smallest absolute Gasteiger partial charge is 0.269 e. The second-order valence-electron chi connectivity index (χ2n) is 5.68. The average molecular weight is 303 g/mol. The second kappa shape index (κ2) is 7.68. The van der Waals surface area contributed by atoms with Gasteiger partial charge in [0.05, 0.1) is 11.1 Å². The number of nitro groups is 1. The first-order chi connectivity index (χ1) is 10.6. The summed E-state index contributed by atoms with van der Waals surface area (Å²) in [6.45, 7) is 2.17. The third-order valence-electron chi connectivity index (χ3n) is 3.93.